The number of anilines is 2. The summed E-state index contributed by atoms with van der Waals surface area (Å²) in [5, 5.41) is 5.37. The summed E-state index contributed by atoms with van der Waals surface area (Å²) in [5.74, 6) is -2.01. The fraction of sp³-hybridized carbons (Fsp3) is 0.400. The molecule has 7 nitrogen and oxygen atoms in total. The lowest BCUT2D eigenvalue weighted by atomic mass is 10.2. The van der Waals surface area contributed by atoms with E-state index in [-0.39, 0.29) is 37.0 Å². The molecule has 10 heteroatoms. The first-order chi connectivity index (χ1) is 11.8. The summed E-state index contributed by atoms with van der Waals surface area (Å²) in [7, 11) is 0. The van der Waals surface area contributed by atoms with Gasteiger partial charge in [-0.15, -0.1) is 0 Å². The maximum atomic E-state index is 14.4. The van der Waals surface area contributed by atoms with E-state index in [1.54, 1.807) is 6.92 Å². The van der Waals surface area contributed by atoms with Gasteiger partial charge in [-0.05, 0) is 6.92 Å². The van der Waals surface area contributed by atoms with Crippen LogP contribution in [0.4, 0.5) is 25.0 Å². The zero-order chi connectivity index (χ0) is 18.1. The molecule has 2 saturated heterocycles. The summed E-state index contributed by atoms with van der Waals surface area (Å²) >= 11 is 4.89. The number of hydrogen-bond acceptors (Lipinski definition) is 5. The Labute approximate surface area is 147 Å². The van der Waals surface area contributed by atoms with Crippen LogP contribution < -0.4 is 20.4 Å². The zero-order valence-corrected chi connectivity index (χ0v) is 14.2. The lowest BCUT2D eigenvalue weighted by molar-refractivity contribution is -0.118. The van der Waals surface area contributed by atoms with Gasteiger partial charge in [-0.25, -0.2) is 13.6 Å². The van der Waals surface area contributed by atoms with Gasteiger partial charge in [-0.3, -0.25) is 9.69 Å². The molecule has 0 radical (unpaired) electrons. The number of rotatable bonds is 4. The first-order valence-corrected chi connectivity index (χ1v) is 7.99. The molecular weight excluding hydrogens is 354 g/mol. The van der Waals surface area contributed by atoms with Crippen molar-refractivity contribution < 1.29 is 23.1 Å². The van der Waals surface area contributed by atoms with Crippen LogP contribution >= 0.6 is 12.2 Å². The third-order valence-corrected chi connectivity index (χ3v) is 4.03. The van der Waals surface area contributed by atoms with Crippen molar-refractivity contribution in [2.75, 3.05) is 36.1 Å². The highest BCUT2D eigenvalue weighted by molar-refractivity contribution is 7.80. The van der Waals surface area contributed by atoms with E-state index in [9.17, 15) is 18.4 Å². The highest BCUT2D eigenvalue weighted by Gasteiger charge is 2.34. The number of hydrogen-bond donors (Lipinski definition) is 2. The summed E-state index contributed by atoms with van der Waals surface area (Å²) < 4.78 is 33.9. The van der Waals surface area contributed by atoms with Crippen molar-refractivity contribution in [1.29, 1.82) is 0 Å². The highest BCUT2D eigenvalue weighted by atomic mass is 32.1. The van der Waals surface area contributed by atoms with Crippen LogP contribution in [-0.4, -0.2) is 49.4 Å². The summed E-state index contributed by atoms with van der Waals surface area (Å²) in [6.07, 6.45) is -1.16. The second-order valence-corrected chi connectivity index (χ2v) is 6.38. The minimum atomic E-state index is -0.851. The largest absolute Gasteiger partial charge is 0.442 e. The Hall–Kier alpha value is -2.49. The number of nitrogens with zero attached hydrogens (tertiary/aromatic N) is 2. The monoisotopic (exact) mass is 370 g/mol. The molecule has 1 aromatic rings. The van der Waals surface area contributed by atoms with E-state index in [0.29, 0.717) is 11.5 Å². The number of nitrogens with one attached hydrogen (secondary N) is 2. The van der Waals surface area contributed by atoms with E-state index >= 15 is 0 Å². The van der Waals surface area contributed by atoms with Crippen molar-refractivity contribution in [2.45, 2.75) is 13.0 Å². The maximum absolute atomic E-state index is 14.4. The van der Waals surface area contributed by atoms with E-state index in [1.807, 2.05) is 0 Å². The number of halogens is 2. The van der Waals surface area contributed by atoms with Crippen molar-refractivity contribution in [3.8, 4) is 0 Å². The molecule has 2 amide bonds. The van der Waals surface area contributed by atoms with Crippen LogP contribution in [0.5, 0.6) is 0 Å². The standard InChI is InChI=1S/C15H16F2N4O3S/c1-8(25)18-4-10-5-21(15(23)24-10)9-2-11(16)14(12(17)3-9)20-6-13(22)19-7-20/h2-3,10H,4-7H2,1H3,(H,18,25)(H,19,22). The number of thiocarbonyl (C=S) groups is 1. The third kappa shape index (κ3) is 3.63. The van der Waals surface area contributed by atoms with Gasteiger partial charge >= 0.3 is 6.09 Å². The lowest BCUT2D eigenvalue weighted by Gasteiger charge is -2.20. The average Bonchev–Trinajstić information content (AvgIpc) is 3.10. The topological polar surface area (TPSA) is 73.9 Å². The number of carbonyl (C=O) groups is 2. The molecule has 1 atom stereocenters. The van der Waals surface area contributed by atoms with E-state index < -0.39 is 23.8 Å². The highest BCUT2D eigenvalue weighted by Crippen LogP contribution is 2.31. The summed E-state index contributed by atoms with van der Waals surface area (Å²) in [4.78, 5) is 26.2. The molecule has 0 bridgehead atoms. The van der Waals surface area contributed by atoms with Gasteiger partial charge in [-0.2, -0.15) is 0 Å². The van der Waals surface area contributed by atoms with Gasteiger partial charge in [0.15, 0.2) is 11.6 Å². The van der Waals surface area contributed by atoms with E-state index in [0.717, 1.165) is 17.0 Å². The summed E-state index contributed by atoms with van der Waals surface area (Å²) in [6, 6.07) is 2.12. The molecule has 3 rings (SSSR count). The van der Waals surface area contributed by atoms with Gasteiger partial charge in [0.2, 0.25) is 5.91 Å². The Kier molecular flexibility index (Phi) is 4.71. The van der Waals surface area contributed by atoms with Crippen molar-refractivity contribution in [3.05, 3.63) is 23.8 Å². The molecule has 2 heterocycles. The Morgan fingerprint density at radius 3 is 2.64 bits per heavy atom. The molecule has 2 aliphatic rings. The molecule has 0 spiro atoms. The van der Waals surface area contributed by atoms with Crippen LogP contribution in [0.15, 0.2) is 12.1 Å². The molecular formula is C15H16F2N4O3S. The van der Waals surface area contributed by atoms with Gasteiger partial charge in [0.25, 0.3) is 0 Å². The second kappa shape index (κ2) is 6.79. The molecule has 0 aromatic heterocycles. The van der Waals surface area contributed by atoms with Crippen LogP contribution in [0.1, 0.15) is 6.92 Å². The van der Waals surface area contributed by atoms with Crippen LogP contribution in [0.2, 0.25) is 0 Å². The molecule has 25 heavy (non-hydrogen) atoms. The molecule has 1 unspecified atom stereocenters. The number of ether oxygens (including phenoxy) is 1. The normalized spacial score (nSPS) is 19.9. The first kappa shape index (κ1) is 17.3. The van der Waals surface area contributed by atoms with Crippen LogP contribution in [-0.2, 0) is 9.53 Å². The van der Waals surface area contributed by atoms with Crippen molar-refractivity contribution in [3.63, 3.8) is 0 Å². The minimum absolute atomic E-state index is 0.0302. The Morgan fingerprint density at radius 1 is 1.40 bits per heavy atom. The van der Waals surface area contributed by atoms with Crippen LogP contribution in [0.25, 0.3) is 0 Å². The van der Waals surface area contributed by atoms with Gasteiger partial charge in [0.05, 0.1) is 37.0 Å². The SMILES string of the molecule is CC(=S)NCC1CN(c2cc(F)c(N3CNC(=O)C3)c(F)c2)C(=O)O1. The first-order valence-electron chi connectivity index (χ1n) is 7.58. The van der Waals surface area contributed by atoms with E-state index in [1.165, 1.54) is 4.90 Å². The van der Waals surface area contributed by atoms with Gasteiger partial charge in [-0.1, -0.05) is 12.2 Å². The molecule has 2 aliphatic heterocycles. The predicted octanol–water partition coefficient (Wildman–Crippen LogP) is 1.12. The van der Waals surface area contributed by atoms with Gasteiger partial charge in [0, 0.05) is 12.1 Å². The smallest absolute Gasteiger partial charge is 0.414 e. The van der Waals surface area contributed by atoms with Gasteiger partial charge in [0.1, 0.15) is 11.8 Å². The summed E-state index contributed by atoms with van der Waals surface area (Å²) in [5.41, 5.74) is -0.243. The fourth-order valence-electron chi connectivity index (χ4n) is 2.73. The second-order valence-electron chi connectivity index (χ2n) is 5.77. The van der Waals surface area contributed by atoms with Crippen molar-refractivity contribution >= 4 is 40.6 Å². The number of amides is 2. The molecule has 2 fully saturated rings. The molecule has 0 saturated carbocycles. The van der Waals surface area contributed by atoms with Crippen molar-refractivity contribution in [2.24, 2.45) is 0 Å². The number of carbonyl (C=O) groups excluding carboxylic acids is 2. The fourth-order valence-corrected chi connectivity index (χ4v) is 2.82. The van der Waals surface area contributed by atoms with Crippen LogP contribution in [0, 0.1) is 11.6 Å². The third-order valence-electron chi connectivity index (χ3n) is 3.88. The average molecular weight is 370 g/mol. The van der Waals surface area contributed by atoms with Crippen LogP contribution in [0.3, 0.4) is 0 Å². The molecule has 1 aromatic carbocycles. The molecule has 134 valence electrons. The predicted molar refractivity (Wildman–Crippen MR) is 90.6 cm³/mol. The van der Waals surface area contributed by atoms with E-state index in [2.05, 4.69) is 10.6 Å². The Balaban J connectivity index is 1.78. The molecule has 0 aliphatic carbocycles. The van der Waals surface area contributed by atoms with E-state index in [4.69, 9.17) is 17.0 Å². The lowest BCUT2D eigenvalue weighted by Crippen LogP contribution is -2.32. The minimum Gasteiger partial charge on any atom is -0.442 e. The van der Waals surface area contributed by atoms with Crippen molar-refractivity contribution in [1.82, 2.24) is 10.6 Å². The number of cyclic esters (lactones) is 1. The quantitative estimate of drug-likeness (QED) is 0.774. The maximum Gasteiger partial charge on any atom is 0.414 e. The molecule has 2 N–H and O–H groups in total. The summed E-state index contributed by atoms with van der Waals surface area (Å²) in [6.45, 7) is 2.08. The number of benzene rings is 1. The van der Waals surface area contributed by atoms with Gasteiger partial charge < -0.3 is 20.3 Å². The zero-order valence-electron chi connectivity index (χ0n) is 13.3. The Morgan fingerprint density at radius 2 is 2.08 bits per heavy atom. The Bertz CT molecular complexity index is 722.